The smallest absolute Gasteiger partial charge is 0.235 e. The highest BCUT2D eigenvalue weighted by Crippen LogP contribution is 2.49. The lowest BCUT2D eigenvalue weighted by Gasteiger charge is -2.14. The van der Waals surface area contributed by atoms with Crippen molar-refractivity contribution in [3.05, 3.63) is 485 Å². The molecule has 22 aromatic carbocycles. The quantitative estimate of drug-likeness (QED) is 0.142. The zero-order valence-corrected chi connectivity index (χ0v) is 76.6. The maximum absolute atomic E-state index is 5.41. The van der Waals surface area contributed by atoms with Gasteiger partial charge in [-0.3, -0.25) is 13.7 Å². The first-order chi connectivity index (χ1) is 70.5. The minimum atomic E-state index is 0.663. The SMILES string of the molecule is c1ccc(-c2nc(-n3c4ccccc4c4cc5c6c7ccccc7ccc6n(-c6ccccc6)c5cc43)nc3ccccc23)cc1.c1ccc(-c2nc3ccccc3nc2-n2c3ccccc3c3cc4c5c6ccccc6ccc5n(-c5ccccc5)c4cc32)cc1.c1ccc(-n2c3cc4c(cc3c3c5ccccc5ccc32)c2ccccc2n4-c2nc3ccccc3nc2-c2ccc3ccccc3c2)cc1. The summed E-state index contributed by atoms with van der Waals surface area (Å²) in [6, 6.07) is 172. The van der Waals surface area contributed by atoms with Gasteiger partial charge in [0.15, 0.2) is 11.6 Å². The molecule has 12 nitrogen and oxygen atoms in total. The maximum atomic E-state index is 5.41. The number of aromatic nitrogens is 12. The van der Waals surface area contributed by atoms with Crippen LogP contribution >= 0.6 is 0 Å². The lowest BCUT2D eigenvalue weighted by Crippen LogP contribution is -2.04. The van der Waals surface area contributed by atoms with Crippen molar-refractivity contribution in [1.82, 2.24) is 57.3 Å². The number of fused-ring (bicyclic) bond motifs is 28. The molecule has 0 radical (unpaired) electrons. The van der Waals surface area contributed by atoms with Gasteiger partial charge in [0.05, 0.1) is 99.5 Å². The number of benzene rings is 22. The van der Waals surface area contributed by atoms with Crippen molar-refractivity contribution in [3.63, 3.8) is 0 Å². The molecule has 9 heterocycles. The summed E-state index contributed by atoms with van der Waals surface area (Å²) in [7, 11) is 0. The molecule has 0 atom stereocenters. The predicted molar refractivity (Wildman–Crippen MR) is 591 cm³/mol. The third-order valence-corrected chi connectivity index (χ3v) is 28.8. The zero-order valence-electron chi connectivity index (χ0n) is 76.6. The average molecular weight is 1810 g/mol. The van der Waals surface area contributed by atoms with Gasteiger partial charge in [0.25, 0.3) is 0 Å². The van der Waals surface area contributed by atoms with Crippen molar-refractivity contribution < 1.29 is 0 Å². The van der Waals surface area contributed by atoms with Crippen LogP contribution in [-0.2, 0) is 0 Å². The standard InChI is InChI=1S/C46H28N4.2C42H26N4/c1-2-15-33(16-3-1)49-41-25-24-30-13-6-7-17-34(30)44(41)37-27-36-35-18-8-11-21-40(35)50(42(36)28-43(37)49)46-45(47-38-19-9-10-20-39(38)48-46)32-23-22-29-12-4-5-14-31(29)26-32;1-3-14-28(15-4-1)41-42(44-35-21-11-10-20-34(35)43-41)46-36-22-12-9-19-31(36)32-25-33-39(26-38(32)46)45(29-16-5-2-6-17-29)37-24-23-27-13-7-8-18-30(27)40(33)37;1-3-14-28(15-4-1)41-32-20-9-11-21-35(32)43-42(44-41)46-36-22-12-10-19-31(36)33-25-34-39(26-38(33)46)45(29-16-5-2-6-17-29)37-24-23-27-13-7-8-18-30(27)40(34)37/h1-28H;2*1-26H. The van der Waals surface area contributed by atoms with Gasteiger partial charge < -0.3 is 13.7 Å². The first-order valence-electron chi connectivity index (χ1n) is 48.2. The van der Waals surface area contributed by atoms with Crippen LogP contribution in [0.3, 0.4) is 0 Å². The monoisotopic (exact) mass is 1810 g/mol. The van der Waals surface area contributed by atoms with Gasteiger partial charge in [-0.1, -0.05) is 340 Å². The van der Waals surface area contributed by atoms with E-state index in [0.717, 1.165) is 145 Å². The second-order valence-corrected chi connectivity index (χ2v) is 36.7. The Bertz CT molecular complexity index is 10600. The van der Waals surface area contributed by atoms with Crippen LogP contribution in [-0.4, -0.2) is 57.3 Å². The highest BCUT2D eigenvalue weighted by atomic mass is 15.2. The summed E-state index contributed by atoms with van der Waals surface area (Å²) in [6.45, 7) is 0. The van der Waals surface area contributed by atoms with Crippen molar-refractivity contribution >= 4 is 207 Å². The number of rotatable bonds is 9. The molecule has 0 N–H and O–H groups in total. The first kappa shape index (κ1) is 80.0. The molecule has 660 valence electrons. The molecule has 0 saturated heterocycles. The Morgan fingerprint density at radius 2 is 0.430 bits per heavy atom. The molecule has 0 amide bonds. The lowest BCUT2D eigenvalue weighted by molar-refractivity contribution is 1.01. The fourth-order valence-electron chi connectivity index (χ4n) is 22.6. The fourth-order valence-corrected chi connectivity index (χ4v) is 22.6. The van der Waals surface area contributed by atoms with Crippen LogP contribution < -0.4 is 0 Å². The minimum Gasteiger partial charge on any atom is -0.309 e. The van der Waals surface area contributed by atoms with Crippen LogP contribution in [0.4, 0.5) is 0 Å². The van der Waals surface area contributed by atoms with Gasteiger partial charge in [0.2, 0.25) is 5.95 Å². The molecule has 0 aliphatic heterocycles. The molecule has 31 rings (SSSR count). The summed E-state index contributed by atoms with van der Waals surface area (Å²) >= 11 is 0. The number of para-hydroxylation sites is 11. The Kier molecular flexibility index (Phi) is 18.1. The summed E-state index contributed by atoms with van der Waals surface area (Å²) in [5, 5.41) is 25.5. The van der Waals surface area contributed by atoms with Gasteiger partial charge in [0, 0.05) is 104 Å². The summed E-state index contributed by atoms with van der Waals surface area (Å²) in [5.41, 5.74) is 27.2. The molecule has 0 bridgehead atoms. The van der Waals surface area contributed by atoms with Gasteiger partial charge in [-0.05, 0) is 189 Å². The minimum absolute atomic E-state index is 0.663. The van der Waals surface area contributed by atoms with Crippen LogP contribution in [0.2, 0.25) is 0 Å². The van der Waals surface area contributed by atoms with Crippen molar-refractivity contribution in [2.24, 2.45) is 0 Å². The molecule has 0 aliphatic rings. The summed E-state index contributed by atoms with van der Waals surface area (Å²) < 4.78 is 14.1. The summed E-state index contributed by atoms with van der Waals surface area (Å²) in [4.78, 5) is 31.8. The average Bonchev–Trinajstić information content (AvgIpc) is 1.55. The van der Waals surface area contributed by atoms with Crippen LogP contribution in [0.15, 0.2) is 485 Å². The van der Waals surface area contributed by atoms with E-state index in [4.69, 9.17) is 29.9 Å². The molecule has 31 aromatic rings. The van der Waals surface area contributed by atoms with E-state index in [0.29, 0.717) is 5.95 Å². The van der Waals surface area contributed by atoms with E-state index in [-0.39, 0.29) is 0 Å². The molecular formula is C130H80N12. The van der Waals surface area contributed by atoms with Gasteiger partial charge in [0.1, 0.15) is 11.4 Å². The molecule has 0 saturated carbocycles. The van der Waals surface area contributed by atoms with Crippen molar-refractivity contribution in [3.8, 4) is 68.4 Å². The first-order valence-corrected chi connectivity index (χ1v) is 48.2. The fraction of sp³-hybridized carbons (Fsp3) is 0. The predicted octanol–water partition coefficient (Wildman–Crippen LogP) is 33.1. The van der Waals surface area contributed by atoms with E-state index in [9.17, 15) is 0 Å². The van der Waals surface area contributed by atoms with Crippen molar-refractivity contribution in [2.45, 2.75) is 0 Å². The van der Waals surface area contributed by atoms with Crippen LogP contribution in [0.25, 0.3) is 275 Å². The summed E-state index contributed by atoms with van der Waals surface area (Å²) in [6.07, 6.45) is 0. The van der Waals surface area contributed by atoms with E-state index in [1.807, 2.05) is 54.6 Å². The molecule has 9 aromatic heterocycles. The number of nitrogens with zero attached hydrogens (tertiary/aromatic N) is 12. The third-order valence-electron chi connectivity index (χ3n) is 28.8. The van der Waals surface area contributed by atoms with E-state index < -0.39 is 0 Å². The highest BCUT2D eigenvalue weighted by Gasteiger charge is 2.29. The Morgan fingerprint density at radius 1 is 0.134 bits per heavy atom. The largest absolute Gasteiger partial charge is 0.309 e. The van der Waals surface area contributed by atoms with Gasteiger partial charge in [-0.2, -0.15) is 0 Å². The van der Waals surface area contributed by atoms with E-state index in [1.54, 1.807) is 0 Å². The summed E-state index contributed by atoms with van der Waals surface area (Å²) in [5.74, 6) is 2.30. The van der Waals surface area contributed by atoms with Gasteiger partial charge in [-0.15, -0.1) is 0 Å². The van der Waals surface area contributed by atoms with Crippen LogP contribution in [0, 0.1) is 0 Å². The highest BCUT2D eigenvalue weighted by molar-refractivity contribution is 6.29. The second kappa shape index (κ2) is 32.2. The lowest BCUT2D eigenvalue weighted by atomic mass is 10.0. The van der Waals surface area contributed by atoms with Crippen molar-refractivity contribution in [2.75, 3.05) is 0 Å². The maximum Gasteiger partial charge on any atom is 0.235 e. The third kappa shape index (κ3) is 12.6. The van der Waals surface area contributed by atoms with Gasteiger partial charge in [-0.25, -0.2) is 29.9 Å². The van der Waals surface area contributed by atoms with Gasteiger partial charge >= 0.3 is 0 Å². The molecular weight excluding hydrogens is 1730 g/mol. The van der Waals surface area contributed by atoms with Crippen molar-refractivity contribution in [1.29, 1.82) is 0 Å². The zero-order chi connectivity index (χ0) is 93.1. The molecule has 0 spiro atoms. The molecule has 12 heteroatoms. The Morgan fingerprint density at radius 3 is 0.845 bits per heavy atom. The van der Waals surface area contributed by atoms with E-state index in [1.165, 1.54) is 124 Å². The van der Waals surface area contributed by atoms with Crippen LogP contribution in [0.1, 0.15) is 0 Å². The van der Waals surface area contributed by atoms with E-state index >= 15 is 0 Å². The normalized spacial score (nSPS) is 11.9. The molecule has 0 aliphatic carbocycles. The second-order valence-electron chi connectivity index (χ2n) is 36.7. The number of hydrogen-bond donors (Lipinski definition) is 0. The Labute approximate surface area is 812 Å². The Balaban J connectivity index is 0.000000102. The number of hydrogen-bond acceptors (Lipinski definition) is 6. The van der Waals surface area contributed by atoms with E-state index in [2.05, 4.69) is 458 Å². The molecule has 0 unspecified atom stereocenters. The molecule has 142 heavy (non-hydrogen) atoms. The Hall–Kier alpha value is -19.3. The van der Waals surface area contributed by atoms with Crippen LogP contribution in [0.5, 0.6) is 0 Å². The topological polar surface area (TPSA) is 107 Å². The molecule has 0 fully saturated rings.